The third-order valence-electron chi connectivity index (χ3n) is 5.44. The monoisotopic (exact) mass is 397 g/mol. The van der Waals surface area contributed by atoms with Crippen molar-refractivity contribution in [1.82, 2.24) is 15.0 Å². The quantitative estimate of drug-likeness (QED) is 0.464. The fourth-order valence-electron chi connectivity index (χ4n) is 3.88. The van der Waals surface area contributed by atoms with E-state index < -0.39 is 0 Å². The van der Waals surface area contributed by atoms with Gasteiger partial charge in [-0.25, -0.2) is 0 Å². The Bertz CT molecular complexity index is 1110. The van der Waals surface area contributed by atoms with Crippen molar-refractivity contribution >= 4 is 0 Å². The number of para-hydroxylation sites is 1. The maximum absolute atomic E-state index is 6.11. The number of benzene rings is 2. The number of hydrogen-bond acceptors (Lipinski definition) is 5. The summed E-state index contributed by atoms with van der Waals surface area (Å²) in [6.07, 6.45) is 4.48. The molecule has 5 nitrogen and oxygen atoms in total. The smallest absolute Gasteiger partial charge is 0.143 e. The fourth-order valence-corrected chi connectivity index (χ4v) is 3.88. The van der Waals surface area contributed by atoms with E-state index in [1.807, 2.05) is 48.7 Å². The minimum absolute atomic E-state index is 0.513. The lowest BCUT2D eigenvalue weighted by molar-refractivity contribution is 0.222. The lowest BCUT2D eigenvalue weighted by atomic mass is 10.0. The molecule has 0 amide bonds. The molecule has 4 aromatic rings. The molecule has 3 heterocycles. The Hall–Kier alpha value is -3.44. The molecule has 5 rings (SSSR count). The molecule has 150 valence electrons. The van der Waals surface area contributed by atoms with Crippen molar-refractivity contribution in [2.75, 3.05) is 6.54 Å². The third kappa shape index (κ3) is 3.98. The Balaban J connectivity index is 1.32. The van der Waals surface area contributed by atoms with Crippen LogP contribution in [0.25, 0.3) is 11.3 Å². The maximum atomic E-state index is 6.11. The van der Waals surface area contributed by atoms with Gasteiger partial charge in [0, 0.05) is 60.7 Å². The summed E-state index contributed by atoms with van der Waals surface area (Å²) >= 11 is 0. The van der Waals surface area contributed by atoms with E-state index in [2.05, 4.69) is 39.3 Å². The van der Waals surface area contributed by atoms with Gasteiger partial charge in [0.1, 0.15) is 23.8 Å². The summed E-state index contributed by atoms with van der Waals surface area (Å²) in [7, 11) is 0. The maximum Gasteiger partial charge on any atom is 0.143 e. The van der Waals surface area contributed by atoms with Gasteiger partial charge in [-0.3, -0.25) is 9.88 Å². The van der Waals surface area contributed by atoms with Gasteiger partial charge >= 0.3 is 0 Å². The average Bonchev–Trinajstić information content (AvgIpc) is 3.23. The van der Waals surface area contributed by atoms with Crippen LogP contribution in [0.15, 0.2) is 83.6 Å². The number of fused-ring (bicyclic) bond motifs is 1. The van der Waals surface area contributed by atoms with Crippen LogP contribution in [0.2, 0.25) is 0 Å². The van der Waals surface area contributed by atoms with Crippen LogP contribution in [0.4, 0.5) is 0 Å². The van der Waals surface area contributed by atoms with Crippen LogP contribution in [0, 0.1) is 0 Å². The van der Waals surface area contributed by atoms with E-state index in [1.165, 1.54) is 11.1 Å². The van der Waals surface area contributed by atoms with Crippen LogP contribution in [-0.2, 0) is 26.1 Å². The van der Waals surface area contributed by atoms with E-state index >= 15 is 0 Å². The molecule has 0 aliphatic carbocycles. The summed E-state index contributed by atoms with van der Waals surface area (Å²) in [5.41, 5.74) is 5.50. The molecule has 0 spiro atoms. The standard InChI is InChI=1S/C25H23N3O2/c1-2-8-20(9-3-1)25-22-17-28(14-12-24(22)30-27-25)16-21-10-4-5-11-23(21)29-18-19-7-6-13-26-15-19/h1-11,13,15H,12,14,16-18H2. The van der Waals surface area contributed by atoms with Crippen molar-refractivity contribution in [1.29, 1.82) is 0 Å². The first-order valence-corrected chi connectivity index (χ1v) is 10.2. The molecule has 2 aromatic carbocycles. The normalized spacial score (nSPS) is 13.7. The summed E-state index contributed by atoms with van der Waals surface area (Å²) in [6, 6.07) is 22.5. The largest absolute Gasteiger partial charge is 0.489 e. The molecular formula is C25H23N3O2. The van der Waals surface area contributed by atoms with Gasteiger partial charge in [0.15, 0.2) is 0 Å². The first-order valence-electron chi connectivity index (χ1n) is 10.2. The average molecular weight is 397 g/mol. The van der Waals surface area contributed by atoms with Crippen LogP contribution in [0.1, 0.15) is 22.5 Å². The third-order valence-corrected chi connectivity index (χ3v) is 5.44. The van der Waals surface area contributed by atoms with Gasteiger partial charge in [-0.2, -0.15) is 0 Å². The van der Waals surface area contributed by atoms with Crippen molar-refractivity contribution in [2.45, 2.75) is 26.1 Å². The van der Waals surface area contributed by atoms with Gasteiger partial charge < -0.3 is 9.26 Å². The Kier molecular flexibility index (Phi) is 5.27. The molecule has 0 unspecified atom stereocenters. The molecule has 5 heteroatoms. The number of aromatic nitrogens is 2. The molecule has 0 saturated carbocycles. The van der Waals surface area contributed by atoms with E-state index in [0.717, 1.165) is 54.4 Å². The van der Waals surface area contributed by atoms with E-state index in [-0.39, 0.29) is 0 Å². The second kappa shape index (κ2) is 8.51. The number of nitrogens with zero attached hydrogens (tertiary/aromatic N) is 3. The Morgan fingerprint density at radius 1 is 0.967 bits per heavy atom. The highest BCUT2D eigenvalue weighted by Gasteiger charge is 2.25. The Labute approximate surface area is 175 Å². The van der Waals surface area contributed by atoms with E-state index in [1.54, 1.807) is 6.20 Å². The number of rotatable bonds is 6. The highest BCUT2D eigenvalue weighted by atomic mass is 16.5. The zero-order valence-corrected chi connectivity index (χ0v) is 16.7. The zero-order valence-electron chi connectivity index (χ0n) is 16.7. The summed E-state index contributed by atoms with van der Waals surface area (Å²) in [5, 5.41) is 4.36. The molecule has 30 heavy (non-hydrogen) atoms. The van der Waals surface area contributed by atoms with Gasteiger partial charge in [-0.15, -0.1) is 0 Å². The highest BCUT2D eigenvalue weighted by Crippen LogP contribution is 2.31. The summed E-state index contributed by atoms with van der Waals surface area (Å²) in [5.74, 6) is 1.92. The molecule has 1 aliphatic rings. The van der Waals surface area contributed by atoms with E-state index in [4.69, 9.17) is 9.26 Å². The van der Waals surface area contributed by atoms with Gasteiger partial charge in [-0.05, 0) is 12.1 Å². The first kappa shape index (κ1) is 18.6. The lowest BCUT2D eigenvalue weighted by Gasteiger charge is -2.27. The summed E-state index contributed by atoms with van der Waals surface area (Å²) in [4.78, 5) is 6.59. The number of ether oxygens (including phenoxy) is 1. The Morgan fingerprint density at radius 3 is 2.70 bits per heavy atom. The summed E-state index contributed by atoms with van der Waals surface area (Å²) in [6.45, 7) is 3.09. The number of pyridine rings is 1. The van der Waals surface area contributed by atoms with Crippen molar-refractivity contribution in [2.24, 2.45) is 0 Å². The molecule has 0 atom stereocenters. The molecule has 0 N–H and O–H groups in total. The molecule has 0 fully saturated rings. The van der Waals surface area contributed by atoms with Crippen LogP contribution in [0.5, 0.6) is 5.75 Å². The molecule has 0 radical (unpaired) electrons. The predicted octanol–water partition coefficient (Wildman–Crippen LogP) is 4.87. The molecular weight excluding hydrogens is 374 g/mol. The van der Waals surface area contributed by atoms with Crippen molar-refractivity contribution in [3.63, 3.8) is 0 Å². The van der Waals surface area contributed by atoms with Crippen LogP contribution < -0.4 is 4.74 Å². The second-order valence-corrected chi connectivity index (χ2v) is 7.52. The van der Waals surface area contributed by atoms with Gasteiger partial charge in [0.2, 0.25) is 0 Å². The minimum Gasteiger partial charge on any atom is -0.489 e. The van der Waals surface area contributed by atoms with Gasteiger partial charge in [0.05, 0.1) is 0 Å². The topological polar surface area (TPSA) is 51.4 Å². The van der Waals surface area contributed by atoms with Crippen LogP contribution in [0.3, 0.4) is 0 Å². The second-order valence-electron chi connectivity index (χ2n) is 7.52. The van der Waals surface area contributed by atoms with E-state index in [9.17, 15) is 0 Å². The summed E-state index contributed by atoms with van der Waals surface area (Å²) < 4.78 is 11.8. The fraction of sp³-hybridized carbons (Fsp3) is 0.200. The van der Waals surface area contributed by atoms with Gasteiger partial charge in [0.25, 0.3) is 0 Å². The van der Waals surface area contributed by atoms with Crippen molar-refractivity contribution in [3.05, 3.63) is 102 Å². The lowest BCUT2D eigenvalue weighted by Crippen LogP contribution is -2.29. The first-order chi connectivity index (χ1) is 14.9. The number of hydrogen-bond donors (Lipinski definition) is 0. The predicted molar refractivity (Wildman–Crippen MR) is 115 cm³/mol. The van der Waals surface area contributed by atoms with Crippen molar-refractivity contribution < 1.29 is 9.26 Å². The SMILES string of the molecule is c1ccc(-c2noc3c2CN(Cc2ccccc2OCc2cccnc2)CC3)cc1. The van der Waals surface area contributed by atoms with Crippen molar-refractivity contribution in [3.8, 4) is 17.0 Å². The Morgan fingerprint density at radius 2 is 1.83 bits per heavy atom. The molecule has 0 saturated heterocycles. The molecule has 0 bridgehead atoms. The zero-order chi connectivity index (χ0) is 20.2. The molecule has 2 aromatic heterocycles. The van der Waals surface area contributed by atoms with Gasteiger partial charge in [-0.1, -0.05) is 59.8 Å². The highest BCUT2D eigenvalue weighted by molar-refractivity contribution is 5.63. The van der Waals surface area contributed by atoms with Crippen LogP contribution >= 0.6 is 0 Å². The van der Waals surface area contributed by atoms with E-state index in [0.29, 0.717) is 6.61 Å². The minimum atomic E-state index is 0.513. The molecule has 1 aliphatic heterocycles. The van der Waals surface area contributed by atoms with Crippen LogP contribution in [-0.4, -0.2) is 21.6 Å².